The van der Waals surface area contributed by atoms with Crippen LogP contribution >= 0.6 is 0 Å². The molecule has 3 N–H and O–H groups in total. The van der Waals surface area contributed by atoms with Crippen molar-refractivity contribution in [2.75, 3.05) is 18.9 Å². The predicted octanol–water partition coefficient (Wildman–Crippen LogP) is 1.67. The zero-order chi connectivity index (χ0) is 17.0. The van der Waals surface area contributed by atoms with Crippen molar-refractivity contribution >= 4 is 17.6 Å². The summed E-state index contributed by atoms with van der Waals surface area (Å²) in [5.41, 5.74) is 2.09. The lowest BCUT2D eigenvalue weighted by molar-refractivity contribution is -0.117. The van der Waals surface area contributed by atoms with E-state index in [1.54, 1.807) is 0 Å². The topological polar surface area (TPSA) is 81.4 Å². The minimum Gasteiger partial charge on any atom is -0.460 e. The highest BCUT2D eigenvalue weighted by Gasteiger charge is 2.29. The zero-order valence-corrected chi connectivity index (χ0v) is 11.4. The molecule has 0 aliphatic carbocycles. The summed E-state index contributed by atoms with van der Waals surface area (Å²) < 4.78 is 57.7. The van der Waals surface area contributed by atoms with Gasteiger partial charge >= 0.3 is 5.97 Å². The number of nitrogen functional groups attached to an aromatic ring is 1. The van der Waals surface area contributed by atoms with Crippen molar-refractivity contribution in [3.63, 3.8) is 0 Å². The fourth-order valence-corrected chi connectivity index (χ4v) is 1.36. The van der Waals surface area contributed by atoms with Crippen LogP contribution in [-0.4, -0.2) is 25.0 Å². The second-order valence-electron chi connectivity index (χ2n) is 4.22. The summed E-state index contributed by atoms with van der Waals surface area (Å²) in [7, 11) is 0. The van der Waals surface area contributed by atoms with Gasteiger partial charge in [0.25, 0.3) is 0 Å². The normalized spacial score (nSPS) is 10.2. The standard InChI is InChI=1S/C13H12F4N2O3/c1-5(2)12(20)19-3-4-22-13(21)6-7(14)9(16)11(18)10(17)8(6)15/h1,3-4,18H2,2H3,(H,19,20). The molecule has 9 heteroatoms. The van der Waals surface area contributed by atoms with Crippen LogP contribution in [0.4, 0.5) is 23.2 Å². The molecule has 1 amide bonds. The number of carbonyl (C=O) groups is 2. The number of amides is 1. The van der Waals surface area contributed by atoms with Gasteiger partial charge in [-0.15, -0.1) is 0 Å². The summed E-state index contributed by atoms with van der Waals surface area (Å²) in [6, 6.07) is 0. The van der Waals surface area contributed by atoms with E-state index < -0.39 is 53.0 Å². The van der Waals surface area contributed by atoms with Crippen molar-refractivity contribution < 1.29 is 31.9 Å². The molecule has 1 aromatic carbocycles. The Morgan fingerprint density at radius 1 is 1.14 bits per heavy atom. The first-order chi connectivity index (χ1) is 10.2. The average molecular weight is 320 g/mol. The van der Waals surface area contributed by atoms with E-state index in [0.717, 1.165) is 0 Å². The van der Waals surface area contributed by atoms with Crippen LogP contribution in [0.25, 0.3) is 0 Å². The Morgan fingerprint density at radius 2 is 1.64 bits per heavy atom. The summed E-state index contributed by atoms with van der Waals surface area (Å²) in [5, 5.41) is 2.28. The molecule has 0 unspecified atom stereocenters. The molecule has 0 atom stereocenters. The first-order valence-corrected chi connectivity index (χ1v) is 5.90. The Kier molecular flexibility index (Phi) is 5.50. The van der Waals surface area contributed by atoms with Crippen LogP contribution in [0.3, 0.4) is 0 Å². The van der Waals surface area contributed by atoms with Crippen molar-refractivity contribution in [1.82, 2.24) is 5.32 Å². The predicted molar refractivity (Wildman–Crippen MR) is 68.8 cm³/mol. The summed E-state index contributed by atoms with van der Waals surface area (Å²) in [4.78, 5) is 22.6. The Hall–Kier alpha value is -2.58. The van der Waals surface area contributed by atoms with E-state index in [-0.39, 0.29) is 12.1 Å². The maximum atomic E-state index is 13.5. The molecular weight excluding hydrogens is 308 g/mol. The van der Waals surface area contributed by atoms with Gasteiger partial charge in [0.2, 0.25) is 5.91 Å². The lowest BCUT2D eigenvalue weighted by atomic mass is 10.1. The monoisotopic (exact) mass is 320 g/mol. The molecule has 1 rings (SSSR count). The molecule has 0 aliphatic rings. The number of ether oxygens (including phenoxy) is 1. The number of esters is 1. The van der Waals surface area contributed by atoms with Crippen LogP contribution in [0, 0.1) is 23.3 Å². The van der Waals surface area contributed by atoms with Crippen LogP contribution < -0.4 is 11.1 Å². The number of carbonyl (C=O) groups excluding carboxylic acids is 2. The van der Waals surface area contributed by atoms with Gasteiger partial charge < -0.3 is 15.8 Å². The molecule has 0 fully saturated rings. The second kappa shape index (κ2) is 6.92. The summed E-state index contributed by atoms with van der Waals surface area (Å²) in [6.45, 7) is 4.14. The second-order valence-corrected chi connectivity index (χ2v) is 4.22. The lowest BCUT2D eigenvalue weighted by Crippen LogP contribution is -2.28. The maximum Gasteiger partial charge on any atom is 0.344 e. The van der Waals surface area contributed by atoms with Crippen molar-refractivity contribution in [3.8, 4) is 0 Å². The quantitative estimate of drug-likeness (QED) is 0.216. The maximum absolute atomic E-state index is 13.5. The van der Waals surface area contributed by atoms with Gasteiger partial charge in [0.1, 0.15) is 17.9 Å². The number of hydrogen-bond acceptors (Lipinski definition) is 4. The molecule has 0 radical (unpaired) electrons. The van der Waals surface area contributed by atoms with E-state index in [1.807, 2.05) is 0 Å². The molecule has 0 aliphatic heterocycles. The highest BCUT2D eigenvalue weighted by Crippen LogP contribution is 2.26. The van der Waals surface area contributed by atoms with E-state index >= 15 is 0 Å². The van der Waals surface area contributed by atoms with E-state index in [1.165, 1.54) is 6.92 Å². The molecule has 0 bridgehead atoms. The summed E-state index contributed by atoms with van der Waals surface area (Å²) in [6.07, 6.45) is 0. The molecule has 0 aromatic heterocycles. The van der Waals surface area contributed by atoms with Crippen molar-refractivity contribution in [2.45, 2.75) is 6.92 Å². The van der Waals surface area contributed by atoms with Gasteiger partial charge in [-0.25, -0.2) is 22.4 Å². The summed E-state index contributed by atoms with van der Waals surface area (Å²) >= 11 is 0. The molecule has 0 spiro atoms. The Morgan fingerprint density at radius 3 is 2.09 bits per heavy atom. The third-order valence-corrected chi connectivity index (χ3v) is 2.51. The van der Waals surface area contributed by atoms with Crippen LogP contribution in [0.5, 0.6) is 0 Å². The minimum atomic E-state index is -1.95. The van der Waals surface area contributed by atoms with Crippen molar-refractivity contribution in [1.29, 1.82) is 0 Å². The van der Waals surface area contributed by atoms with E-state index in [9.17, 15) is 27.2 Å². The van der Waals surface area contributed by atoms with Gasteiger partial charge in [-0.2, -0.15) is 0 Å². The largest absolute Gasteiger partial charge is 0.460 e. The number of nitrogens with one attached hydrogen (secondary N) is 1. The number of nitrogens with two attached hydrogens (primary N) is 1. The Bertz CT molecular complexity index is 618. The van der Waals surface area contributed by atoms with E-state index in [2.05, 4.69) is 16.6 Å². The van der Waals surface area contributed by atoms with Crippen LogP contribution in [0.1, 0.15) is 17.3 Å². The SMILES string of the molecule is C=C(C)C(=O)NCCOC(=O)c1c(F)c(F)c(N)c(F)c1F. The molecule has 120 valence electrons. The highest BCUT2D eigenvalue weighted by atomic mass is 19.2. The van der Waals surface area contributed by atoms with Gasteiger partial charge in [0.05, 0.1) is 6.54 Å². The Balaban J connectivity index is 2.79. The molecule has 5 nitrogen and oxygen atoms in total. The molecule has 1 aromatic rings. The number of anilines is 1. The van der Waals surface area contributed by atoms with Gasteiger partial charge in [0, 0.05) is 5.57 Å². The molecule has 22 heavy (non-hydrogen) atoms. The number of hydrogen-bond donors (Lipinski definition) is 2. The van der Waals surface area contributed by atoms with E-state index in [0.29, 0.717) is 0 Å². The van der Waals surface area contributed by atoms with Crippen LogP contribution in [0.2, 0.25) is 0 Å². The number of rotatable bonds is 5. The third-order valence-electron chi connectivity index (χ3n) is 2.51. The van der Waals surface area contributed by atoms with Crippen molar-refractivity contribution in [3.05, 3.63) is 41.0 Å². The smallest absolute Gasteiger partial charge is 0.344 e. The molecule has 0 saturated carbocycles. The van der Waals surface area contributed by atoms with Gasteiger partial charge in [-0.3, -0.25) is 4.79 Å². The van der Waals surface area contributed by atoms with Crippen molar-refractivity contribution in [2.24, 2.45) is 0 Å². The number of halogens is 4. The first kappa shape index (κ1) is 17.5. The molecule has 0 heterocycles. The Labute approximate surface area is 122 Å². The average Bonchev–Trinajstić information content (AvgIpc) is 2.47. The summed E-state index contributed by atoms with van der Waals surface area (Å²) in [5.74, 6) is -9.82. The van der Waals surface area contributed by atoms with Crippen LogP contribution in [0.15, 0.2) is 12.2 Å². The fraction of sp³-hybridized carbons (Fsp3) is 0.231. The molecule has 0 saturated heterocycles. The third kappa shape index (κ3) is 3.54. The fourth-order valence-electron chi connectivity index (χ4n) is 1.36. The zero-order valence-electron chi connectivity index (χ0n) is 11.4. The van der Waals surface area contributed by atoms with Gasteiger partial charge in [-0.1, -0.05) is 6.58 Å². The first-order valence-electron chi connectivity index (χ1n) is 5.90. The van der Waals surface area contributed by atoms with Gasteiger partial charge in [-0.05, 0) is 6.92 Å². The van der Waals surface area contributed by atoms with E-state index in [4.69, 9.17) is 5.73 Å². The minimum absolute atomic E-state index is 0.180. The highest BCUT2D eigenvalue weighted by molar-refractivity contribution is 5.92. The lowest BCUT2D eigenvalue weighted by Gasteiger charge is -2.10. The number of benzene rings is 1. The molecular formula is C13H12F4N2O3. The van der Waals surface area contributed by atoms with Gasteiger partial charge in [0.15, 0.2) is 23.3 Å². The van der Waals surface area contributed by atoms with Crippen LogP contribution in [-0.2, 0) is 9.53 Å².